The number of rotatable bonds is 3. The molecule has 0 unspecified atom stereocenters. The van der Waals surface area contributed by atoms with Gasteiger partial charge in [-0.05, 0) is 11.8 Å². The Hall–Kier alpha value is -0.740. The summed E-state index contributed by atoms with van der Waals surface area (Å²) in [6, 6.07) is 0. The van der Waals surface area contributed by atoms with E-state index >= 15 is 0 Å². The lowest BCUT2D eigenvalue weighted by molar-refractivity contribution is -0.418. The van der Waals surface area contributed by atoms with Crippen LogP contribution in [0.15, 0.2) is 0 Å². The highest BCUT2D eigenvalue weighted by molar-refractivity contribution is 8.13. The van der Waals surface area contributed by atoms with Gasteiger partial charge >= 0.3 is 36.2 Å². The summed E-state index contributed by atoms with van der Waals surface area (Å²) in [5, 5.41) is 4.15. The summed E-state index contributed by atoms with van der Waals surface area (Å²) in [5.74, 6) is 1.11. The van der Waals surface area contributed by atoms with Crippen molar-refractivity contribution >= 4 is 37.0 Å². The highest BCUT2D eigenvalue weighted by Crippen LogP contribution is 2.27. The molecule has 0 aliphatic rings. The van der Waals surface area contributed by atoms with Crippen LogP contribution in [0.1, 0.15) is 6.92 Å². The van der Waals surface area contributed by atoms with Crippen LogP contribution in [0.2, 0.25) is 0 Å². The zero-order valence-corrected chi connectivity index (χ0v) is 14.3. The first-order valence-corrected chi connectivity index (χ1v) is 9.27. The summed E-state index contributed by atoms with van der Waals surface area (Å²) >= 11 is 1.77. The third kappa shape index (κ3) is 8.61. The van der Waals surface area contributed by atoms with Crippen molar-refractivity contribution in [3.05, 3.63) is 0 Å². The molecule has 0 saturated heterocycles. The van der Waals surface area contributed by atoms with E-state index in [-0.39, 0.29) is 0 Å². The Morgan fingerprint density at radius 3 is 1.48 bits per heavy atom. The lowest BCUT2D eigenvalue weighted by Gasteiger charge is -2.11. The van der Waals surface area contributed by atoms with E-state index in [1.807, 2.05) is 14.1 Å². The van der Waals surface area contributed by atoms with E-state index < -0.39 is 35.2 Å². The Kier molecular flexibility index (Phi) is 9.52. The first-order valence-electron chi connectivity index (χ1n) is 5.32. The fourth-order valence-corrected chi connectivity index (χ4v) is 3.14. The third-order valence-electron chi connectivity index (χ3n) is 1.57. The monoisotopic (exact) mass is 414 g/mol. The first-order chi connectivity index (χ1) is 10.1. The smallest absolute Gasteiger partial charge is 0.272 e. The maximum Gasteiger partial charge on any atom is 0.512 e. The second kappa shape index (κ2) is 8.93. The van der Waals surface area contributed by atoms with Crippen molar-refractivity contribution in [2.75, 3.05) is 19.8 Å². The molecule has 0 rings (SSSR count). The number of alkyl halides is 6. The van der Waals surface area contributed by atoms with Gasteiger partial charge in [-0.1, -0.05) is 11.1 Å². The van der Waals surface area contributed by atoms with Crippen molar-refractivity contribution in [3.8, 4) is 0 Å². The number of amidine groups is 1. The van der Waals surface area contributed by atoms with Crippen molar-refractivity contribution in [1.82, 2.24) is 9.44 Å². The van der Waals surface area contributed by atoms with Crippen molar-refractivity contribution in [3.63, 3.8) is 0 Å². The molecule has 0 amide bonds. The first kappa shape index (κ1) is 24.5. The van der Waals surface area contributed by atoms with Crippen molar-refractivity contribution in [2.24, 2.45) is 0 Å². The molecule has 140 valence electrons. The highest BCUT2D eigenvalue weighted by atomic mass is 32.3. The molecule has 0 aromatic carbocycles. The van der Waals surface area contributed by atoms with E-state index in [1.54, 1.807) is 11.8 Å². The number of halogens is 6. The van der Waals surface area contributed by atoms with Gasteiger partial charge in [-0.25, -0.2) is 16.8 Å². The molecule has 0 spiro atoms. The molecule has 0 aliphatic carbocycles. The second-order valence-corrected chi connectivity index (χ2v) is 8.12. The molecule has 16 heteroatoms. The summed E-state index contributed by atoms with van der Waals surface area (Å²) in [6.45, 7) is 2.12. The van der Waals surface area contributed by atoms with E-state index in [1.165, 1.54) is 0 Å². The van der Waals surface area contributed by atoms with Gasteiger partial charge in [0.1, 0.15) is 0 Å². The van der Waals surface area contributed by atoms with E-state index in [0.717, 1.165) is 10.9 Å². The highest BCUT2D eigenvalue weighted by Gasteiger charge is 2.55. The number of hydrogen-bond donors (Lipinski definition) is 3. The SMILES string of the molecule is CCSC(NC)=[NH+]C.O=S(=O)(NS(=O)(=O)C(F)(F)F)C(F)(F)F. The van der Waals surface area contributed by atoms with E-state index in [9.17, 15) is 43.2 Å². The van der Waals surface area contributed by atoms with Gasteiger partial charge in [-0.2, -0.15) is 26.3 Å². The van der Waals surface area contributed by atoms with Crippen LogP contribution in [0.5, 0.6) is 0 Å². The van der Waals surface area contributed by atoms with Gasteiger partial charge in [0.15, 0.2) is 0 Å². The number of nitrogens with one attached hydrogen (secondary N) is 3. The van der Waals surface area contributed by atoms with Crippen LogP contribution >= 0.6 is 11.8 Å². The topological polar surface area (TPSA) is 106 Å². The molecule has 0 radical (unpaired) electrons. The minimum absolute atomic E-state index is 0.493. The Bertz CT molecular complexity index is 554. The average Bonchev–Trinajstić information content (AvgIpc) is 2.32. The minimum Gasteiger partial charge on any atom is -0.272 e. The van der Waals surface area contributed by atoms with E-state index in [0.29, 0.717) is 0 Å². The van der Waals surface area contributed by atoms with Crippen molar-refractivity contribution in [1.29, 1.82) is 0 Å². The molecule has 23 heavy (non-hydrogen) atoms. The molecule has 0 atom stereocenters. The molecule has 0 fully saturated rings. The number of hydrogen-bond acceptors (Lipinski definition) is 5. The lowest BCUT2D eigenvalue weighted by atomic mass is 11.0. The lowest BCUT2D eigenvalue weighted by Crippen LogP contribution is -2.70. The molecule has 3 N–H and O–H groups in total. The maximum absolute atomic E-state index is 11.5. The Balaban J connectivity index is 0. The van der Waals surface area contributed by atoms with Gasteiger partial charge in [-0.3, -0.25) is 10.3 Å². The summed E-state index contributed by atoms with van der Waals surface area (Å²) in [6.07, 6.45) is 0. The quantitative estimate of drug-likeness (QED) is 0.320. The Morgan fingerprint density at radius 2 is 1.35 bits per heavy atom. The van der Waals surface area contributed by atoms with Crippen LogP contribution in [0.25, 0.3) is 0 Å². The molecule has 0 saturated carbocycles. The molecule has 0 aromatic heterocycles. The van der Waals surface area contributed by atoms with Crippen LogP contribution in [-0.4, -0.2) is 52.9 Å². The zero-order valence-electron chi connectivity index (χ0n) is 11.8. The average molecular weight is 414 g/mol. The predicted octanol–water partition coefficient (Wildman–Crippen LogP) is -0.699. The van der Waals surface area contributed by atoms with Crippen molar-refractivity contribution < 1.29 is 48.2 Å². The van der Waals surface area contributed by atoms with Crippen LogP contribution in [0.4, 0.5) is 26.3 Å². The van der Waals surface area contributed by atoms with Gasteiger partial charge in [0.2, 0.25) is 0 Å². The molecule has 0 heterocycles. The van der Waals surface area contributed by atoms with Crippen LogP contribution in [0.3, 0.4) is 0 Å². The van der Waals surface area contributed by atoms with Gasteiger partial charge in [0, 0.05) is 5.75 Å². The predicted molar refractivity (Wildman–Crippen MR) is 72.2 cm³/mol. The minimum atomic E-state index is -6.60. The largest absolute Gasteiger partial charge is 0.512 e. The molecule has 0 aromatic rings. The standard InChI is InChI=1S/C5H12N2S.C2HF6NO4S2/c1-4-8-5(6-2)7-3;3-1(4,5)14(10,11)9-15(12,13)2(6,7)8/h4H2,1-3H3,(H,6,7);9H/p+1. The van der Waals surface area contributed by atoms with Crippen LogP contribution in [-0.2, 0) is 20.0 Å². The summed E-state index contributed by atoms with van der Waals surface area (Å²) in [7, 11) is -9.37. The number of thioether (sulfide) groups is 1. The Labute approximate surface area is 133 Å². The van der Waals surface area contributed by atoms with E-state index in [4.69, 9.17) is 0 Å². The zero-order chi connectivity index (χ0) is 19.1. The molecule has 7 nitrogen and oxygen atoms in total. The van der Waals surface area contributed by atoms with Gasteiger partial charge < -0.3 is 0 Å². The summed E-state index contributed by atoms with van der Waals surface area (Å²) in [4.78, 5) is 3.02. The van der Waals surface area contributed by atoms with Gasteiger partial charge in [-0.15, -0.1) is 0 Å². The molecular weight excluding hydrogens is 400 g/mol. The number of sulfonamides is 2. The fraction of sp³-hybridized carbons (Fsp3) is 0.857. The van der Waals surface area contributed by atoms with Crippen molar-refractivity contribution in [2.45, 2.75) is 17.9 Å². The summed E-state index contributed by atoms with van der Waals surface area (Å²) < 4.78 is 108. The molecule has 0 aliphatic heterocycles. The van der Waals surface area contributed by atoms with Crippen LogP contribution in [0, 0.1) is 0 Å². The molecule has 0 bridgehead atoms. The molecular formula is C7H14F6N3O4S3+. The van der Waals surface area contributed by atoms with Crippen LogP contribution < -0.4 is 14.4 Å². The fourth-order valence-electron chi connectivity index (χ4n) is 0.653. The maximum atomic E-state index is 11.5. The normalized spacial score (nSPS) is 14.0. The van der Waals surface area contributed by atoms with Gasteiger partial charge in [0.25, 0.3) is 0 Å². The van der Waals surface area contributed by atoms with Gasteiger partial charge in [0.05, 0.1) is 14.1 Å². The Morgan fingerprint density at radius 1 is 1.00 bits per heavy atom. The second-order valence-electron chi connectivity index (χ2n) is 3.24. The summed E-state index contributed by atoms with van der Waals surface area (Å²) in [5.41, 5.74) is -12.3. The van der Waals surface area contributed by atoms with E-state index in [2.05, 4.69) is 17.2 Å². The third-order valence-corrected chi connectivity index (χ3v) is 5.53.